The van der Waals surface area contributed by atoms with E-state index in [4.69, 9.17) is 10.9 Å². The first kappa shape index (κ1) is 14.9. The second-order valence-electron chi connectivity index (χ2n) is 4.18. The molecule has 0 aliphatic heterocycles. The van der Waals surface area contributed by atoms with Crippen molar-refractivity contribution in [2.45, 2.75) is 13.8 Å². The first-order chi connectivity index (χ1) is 9.86. The smallest absolute Gasteiger partial charge is 0.298 e. The largest absolute Gasteiger partial charge is 0.409 e. The van der Waals surface area contributed by atoms with Gasteiger partial charge in [0.1, 0.15) is 0 Å². The molecule has 0 atom stereocenters. The van der Waals surface area contributed by atoms with Crippen LogP contribution in [0.4, 0.5) is 5.69 Å². The normalized spacial score (nSPS) is 11.7. The summed E-state index contributed by atoms with van der Waals surface area (Å²) < 4.78 is 2.32. The summed E-state index contributed by atoms with van der Waals surface area (Å²) in [5.74, 6) is -0.113. The van der Waals surface area contributed by atoms with Gasteiger partial charge in [0.2, 0.25) is 0 Å². The van der Waals surface area contributed by atoms with Crippen molar-refractivity contribution in [2.24, 2.45) is 10.9 Å². The fraction of sp³-hybridized carbons (Fsp3) is 0.182. The number of oxime groups is 1. The van der Waals surface area contributed by atoms with Crippen LogP contribution in [0.5, 0.6) is 0 Å². The van der Waals surface area contributed by atoms with Gasteiger partial charge in [-0.05, 0) is 35.8 Å². The fourth-order valence-electron chi connectivity index (χ4n) is 1.79. The zero-order valence-corrected chi connectivity index (χ0v) is 12.7. The van der Waals surface area contributed by atoms with Crippen molar-refractivity contribution >= 4 is 27.5 Å². The number of nitrogens with two attached hydrogens (primary N) is 1. The summed E-state index contributed by atoms with van der Waals surface area (Å²) in [5, 5.41) is 26.7. The molecule has 0 saturated heterocycles. The van der Waals surface area contributed by atoms with Crippen LogP contribution in [0, 0.1) is 24.0 Å². The molecule has 2 heterocycles. The van der Waals surface area contributed by atoms with E-state index in [2.05, 4.69) is 31.2 Å². The van der Waals surface area contributed by atoms with Gasteiger partial charge in [0.15, 0.2) is 17.3 Å². The second-order valence-corrected chi connectivity index (χ2v) is 4.97. The highest BCUT2D eigenvalue weighted by atomic mass is 79.9. The lowest BCUT2D eigenvalue weighted by molar-refractivity contribution is -0.385. The van der Waals surface area contributed by atoms with Crippen molar-refractivity contribution in [1.29, 1.82) is 0 Å². The lowest BCUT2D eigenvalue weighted by atomic mass is 10.2. The number of aryl methyl sites for hydroxylation is 1. The molecule has 0 aliphatic rings. The Kier molecular flexibility index (Phi) is 3.89. The van der Waals surface area contributed by atoms with Gasteiger partial charge in [0.25, 0.3) is 5.69 Å². The molecule has 0 aromatic carbocycles. The van der Waals surface area contributed by atoms with Crippen LogP contribution in [-0.4, -0.2) is 30.7 Å². The molecule has 0 unspecified atom stereocenters. The lowest BCUT2D eigenvalue weighted by Gasteiger charge is -2.06. The quantitative estimate of drug-likeness (QED) is 0.283. The molecule has 2 aromatic heterocycles. The van der Waals surface area contributed by atoms with Gasteiger partial charge in [-0.2, -0.15) is 5.10 Å². The molecule has 2 rings (SSSR count). The molecule has 0 fully saturated rings. The molecule has 0 amide bonds. The molecule has 0 aliphatic carbocycles. The number of hydrogen-bond donors (Lipinski definition) is 2. The summed E-state index contributed by atoms with van der Waals surface area (Å²) in [6, 6.07) is 2.68. The first-order valence-corrected chi connectivity index (χ1v) is 6.51. The molecular formula is C11H11BrN6O3. The Labute approximate surface area is 127 Å². The predicted octanol–water partition coefficient (Wildman–Crippen LogP) is 1.65. The first-order valence-electron chi connectivity index (χ1n) is 5.72. The second kappa shape index (κ2) is 5.48. The molecule has 3 N–H and O–H groups in total. The van der Waals surface area contributed by atoms with Crippen LogP contribution in [0.1, 0.15) is 17.1 Å². The van der Waals surface area contributed by atoms with E-state index >= 15 is 0 Å². The van der Waals surface area contributed by atoms with Crippen molar-refractivity contribution in [3.05, 3.63) is 43.8 Å². The number of halogens is 1. The number of nitro groups is 1. The van der Waals surface area contributed by atoms with Crippen molar-refractivity contribution in [1.82, 2.24) is 14.8 Å². The van der Waals surface area contributed by atoms with Gasteiger partial charge in [0.05, 0.1) is 20.8 Å². The van der Waals surface area contributed by atoms with Crippen LogP contribution in [0.15, 0.2) is 21.8 Å². The van der Waals surface area contributed by atoms with Gasteiger partial charge in [-0.3, -0.25) is 10.1 Å². The molecule has 0 bridgehead atoms. The maximum atomic E-state index is 11.0. The minimum atomic E-state index is -0.652. The van der Waals surface area contributed by atoms with E-state index in [9.17, 15) is 10.1 Å². The fourth-order valence-corrected chi connectivity index (χ4v) is 2.04. The van der Waals surface area contributed by atoms with Gasteiger partial charge < -0.3 is 10.9 Å². The molecule has 2 aromatic rings. The maximum Gasteiger partial charge on any atom is 0.298 e. The number of pyridine rings is 1. The summed E-state index contributed by atoms with van der Waals surface area (Å²) in [6.07, 6.45) is 0. The molecule has 10 heteroatoms. The predicted molar refractivity (Wildman–Crippen MR) is 77.7 cm³/mol. The van der Waals surface area contributed by atoms with Crippen molar-refractivity contribution in [3.8, 4) is 5.82 Å². The van der Waals surface area contributed by atoms with Crippen molar-refractivity contribution in [3.63, 3.8) is 0 Å². The average Bonchev–Trinajstić information content (AvgIpc) is 2.73. The number of rotatable bonds is 3. The molecule has 9 nitrogen and oxygen atoms in total. The van der Waals surface area contributed by atoms with Crippen LogP contribution < -0.4 is 5.73 Å². The Morgan fingerprint density at radius 2 is 2.19 bits per heavy atom. The Morgan fingerprint density at radius 1 is 1.52 bits per heavy atom. The van der Waals surface area contributed by atoms with Crippen LogP contribution in [0.3, 0.4) is 0 Å². The third kappa shape index (κ3) is 2.57. The zero-order valence-electron chi connectivity index (χ0n) is 11.1. The summed E-state index contributed by atoms with van der Waals surface area (Å²) in [6.45, 7) is 3.62. The van der Waals surface area contributed by atoms with Gasteiger partial charge in [-0.25, -0.2) is 9.67 Å². The van der Waals surface area contributed by atoms with E-state index < -0.39 is 10.8 Å². The standard InChI is InChI=1S/C11H11BrN6O3/c1-5-9(12)6(2)17(15-5)8-4-3-7(18(20)21)10(14-8)11(13)16-19/h3-4,19H,1-2H3,(H2,13,16). The monoisotopic (exact) mass is 354 g/mol. The SMILES string of the molecule is Cc1nn(-c2ccc([N+](=O)[O-])c(/C(N)=N/O)n2)c(C)c1Br. The minimum absolute atomic E-state index is 0.219. The molecule has 21 heavy (non-hydrogen) atoms. The summed E-state index contributed by atoms with van der Waals surface area (Å²) >= 11 is 3.39. The van der Waals surface area contributed by atoms with Crippen LogP contribution >= 0.6 is 15.9 Å². The van der Waals surface area contributed by atoms with Gasteiger partial charge in [-0.15, -0.1) is 0 Å². The number of nitrogens with zero attached hydrogens (tertiary/aromatic N) is 5. The number of aromatic nitrogens is 3. The van der Waals surface area contributed by atoms with Crippen LogP contribution in [0.2, 0.25) is 0 Å². The van der Waals surface area contributed by atoms with Crippen LogP contribution in [0.25, 0.3) is 5.82 Å². The third-order valence-corrected chi connectivity index (χ3v) is 3.97. The molecule has 0 saturated carbocycles. The van der Waals surface area contributed by atoms with Crippen LogP contribution in [-0.2, 0) is 0 Å². The third-order valence-electron chi connectivity index (χ3n) is 2.83. The minimum Gasteiger partial charge on any atom is -0.409 e. The van der Waals surface area contributed by atoms with E-state index in [-0.39, 0.29) is 11.4 Å². The van der Waals surface area contributed by atoms with Gasteiger partial charge >= 0.3 is 0 Å². The molecule has 0 radical (unpaired) electrons. The summed E-state index contributed by atoms with van der Waals surface area (Å²) in [4.78, 5) is 14.4. The Morgan fingerprint density at radius 3 is 2.67 bits per heavy atom. The van der Waals surface area contributed by atoms with E-state index in [0.29, 0.717) is 5.82 Å². The Hall–Kier alpha value is -2.49. The van der Waals surface area contributed by atoms with Crippen molar-refractivity contribution in [2.75, 3.05) is 0 Å². The average molecular weight is 355 g/mol. The van der Waals surface area contributed by atoms with E-state index in [0.717, 1.165) is 15.9 Å². The Bertz CT molecular complexity index is 755. The van der Waals surface area contributed by atoms with Crippen molar-refractivity contribution < 1.29 is 10.1 Å². The number of amidine groups is 1. The highest BCUT2D eigenvalue weighted by molar-refractivity contribution is 9.10. The molecular weight excluding hydrogens is 344 g/mol. The Balaban J connectivity index is 2.67. The summed E-state index contributed by atoms with van der Waals surface area (Å²) in [5.41, 5.74) is 6.40. The maximum absolute atomic E-state index is 11.0. The molecule has 110 valence electrons. The number of hydrogen-bond acceptors (Lipinski definition) is 6. The van der Waals surface area contributed by atoms with E-state index in [1.807, 2.05) is 13.8 Å². The molecule has 0 spiro atoms. The van der Waals surface area contributed by atoms with E-state index in [1.54, 1.807) is 0 Å². The van der Waals surface area contributed by atoms with Gasteiger partial charge in [-0.1, -0.05) is 5.16 Å². The summed E-state index contributed by atoms with van der Waals surface area (Å²) in [7, 11) is 0. The topological polar surface area (TPSA) is 132 Å². The highest BCUT2D eigenvalue weighted by Gasteiger charge is 2.21. The van der Waals surface area contributed by atoms with E-state index in [1.165, 1.54) is 16.8 Å². The highest BCUT2D eigenvalue weighted by Crippen LogP contribution is 2.24. The van der Waals surface area contributed by atoms with Gasteiger partial charge in [0, 0.05) is 6.07 Å². The zero-order chi connectivity index (χ0) is 15.7. The lowest BCUT2D eigenvalue weighted by Crippen LogP contribution is -2.18.